The van der Waals surface area contributed by atoms with Crippen LogP contribution in [0.4, 0.5) is 0 Å². The lowest BCUT2D eigenvalue weighted by atomic mass is 9.87. The number of aromatic nitrogens is 1. The van der Waals surface area contributed by atoms with Crippen molar-refractivity contribution in [1.29, 1.82) is 0 Å². The van der Waals surface area contributed by atoms with Gasteiger partial charge in [-0.3, -0.25) is 9.78 Å². The van der Waals surface area contributed by atoms with Crippen molar-refractivity contribution in [3.63, 3.8) is 0 Å². The molecule has 4 rings (SSSR count). The van der Waals surface area contributed by atoms with E-state index in [2.05, 4.69) is 17.1 Å². The maximum Gasteiger partial charge on any atom is 0.254 e. The topological polar surface area (TPSA) is 51.7 Å². The number of ether oxygens (including phenoxy) is 2. The number of carbonyl (C=O) groups is 1. The van der Waals surface area contributed by atoms with Crippen LogP contribution < -0.4 is 9.47 Å². The fourth-order valence-electron chi connectivity index (χ4n) is 3.82. The first-order valence-electron chi connectivity index (χ1n) is 9.23. The summed E-state index contributed by atoms with van der Waals surface area (Å²) in [6.45, 7) is 0.628. The number of pyridine rings is 1. The zero-order valence-corrected chi connectivity index (χ0v) is 16.0. The van der Waals surface area contributed by atoms with Crippen molar-refractivity contribution in [2.24, 2.45) is 0 Å². The van der Waals surface area contributed by atoms with Crippen molar-refractivity contribution in [2.75, 3.05) is 20.8 Å². The van der Waals surface area contributed by atoms with E-state index in [1.165, 1.54) is 5.56 Å². The average Bonchev–Trinajstić information content (AvgIpc) is 2.77. The fraction of sp³-hybridized carbons (Fsp3) is 0.217. The number of methoxy groups -OCH3 is 2. The molecule has 1 aliphatic rings. The van der Waals surface area contributed by atoms with Crippen LogP contribution in [0.1, 0.15) is 33.1 Å². The van der Waals surface area contributed by atoms with Gasteiger partial charge in [0, 0.05) is 24.5 Å². The van der Waals surface area contributed by atoms with Gasteiger partial charge in [-0.05, 0) is 47.4 Å². The predicted octanol–water partition coefficient (Wildman–Crippen LogP) is 3.89. The van der Waals surface area contributed by atoms with Crippen LogP contribution in [0, 0.1) is 0 Å². The van der Waals surface area contributed by atoms with Crippen molar-refractivity contribution in [1.82, 2.24) is 9.88 Å². The smallest absolute Gasteiger partial charge is 0.254 e. The molecule has 5 nitrogen and oxygen atoms in total. The SMILES string of the molecule is COc1cc2c(cc1OC)[C@@H](c1ccccc1)N(C(=O)c1ccncc1)CC2. The molecule has 0 bridgehead atoms. The third-order valence-corrected chi connectivity index (χ3v) is 5.18. The Balaban J connectivity index is 1.84. The largest absolute Gasteiger partial charge is 0.493 e. The molecule has 1 aliphatic heterocycles. The predicted molar refractivity (Wildman–Crippen MR) is 107 cm³/mol. The molecule has 2 aromatic carbocycles. The Kier molecular flexibility index (Phi) is 4.98. The second-order valence-corrected chi connectivity index (χ2v) is 6.70. The molecule has 142 valence electrons. The van der Waals surface area contributed by atoms with Gasteiger partial charge in [0.15, 0.2) is 11.5 Å². The number of benzene rings is 2. The van der Waals surface area contributed by atoms with Gasteiger partial charge < -0.3 is 14.4 Å². The van der Waals surface area contributed by atoms with E-state index in [9.17, 15) is 4.79 Å². The van der Waals surface area contributed by atoms with Gasteiger partial charge in [0.1, 0.15) is 0 Å². The number of rotatable bonds is 4. The minimum Gasteiger partial charge on any atom is -0.493 e. The van der Waals surface area contributed by atoms with Crippen LogP contribution >= 0.6 is 0 Å². The molecule has 1 atom stereocenters. The van der Waals surface area contributed by atoms with Gasteiger partial charge in [0.2, 0.25) is 0 Å². The van der Waals surface area contributed by atoms with Gasteiger partial charge in [-0.1, -0.05) is 30.3 Å². The molecule has 0 aliphatic carbocycles. The van der Waals surface area contributed by atoms with E-state index < -0.39 is 0 Å². The molecule has 0 fully saturated rings. The van der Waals surface area contributed by atoms with Gasteiger partial charge in [-0.25, -0.2) is 0 Å². The third-order valence-electron chi connectivity index (χ3n) is 5.18. The molecule has 2 heterocycles. The summed E-state index contributed by atoms with van der Waals surface area (Å²) < 4.78 is 11.0. The summed E-state index contributed by atoms with van der Waals surface area (Å²) in [5.41, 5.74) is 3.95. The van der Waals surface area contributed by atoms with E-state index in [1.807, 2.05) is 35.2 Å². The standard InChI is InChI=1S/C23H22N2O3/c1-27-20-14-18-10-13-25(23(26)17-8-11-24-12-9-17)22(16-6-4-3-5-7-16)19(18)15-21(20)28-2/h3-9,11-12,14-15,22H,10,13H2,1-2H3/t22-/m1/s1. The van der Waals surface area contributed by atoms with Gasteiger partial charge >= 0.3 is 0 Å². The van der Waals surface area contributed by atoms with Crippen molar-refractivity contribution in [3.8, 4) is 11.5 Å². The summed E-state index contributed by atoms with van der Waals surface area (Å²) in [5, 5.41) is 0. The minimum absolute atomic E-state index is 0.00307. The molecule has 0 unspecified atom stereocenters. The number of hydrogen-bond donors (Lipinski definition) is 0. The zero-order valence-electron chi connectivity index (χ0n) is 16.0. The minimum atomic E-state index is -0.189. The van der Waals surface area contributed by atoms with Gasteiger partial charge in [0.05, 0.1) is 20.3 Å². The summed E-state index contributed by atoms with van der Waals surface area (Å²) in [7, 11) is 3.27. The Labute approximate surface area is 164 Å². The lowest BCUT2D eigenvalue weighted by Crippen LogP contribution is -2.40. The van der Waals surface area contributed by atoms with Crippen molar-refractivity contribution >= 4 is 5.91 Å². The summed E-state index contributed by atoms with van der Waals surface area (Å²) in [5.74, 6) is 1.37. The molecule has 0 radical (unpaired) electrons. The molecule has 1 amide bonds. The highest BCUT2D eigenvalue weighted by Gasteiger charge is 2.33. The summed E-state index contributed by atoms with van der Waals surface area (Å²) in [6, 6.07) is 17.5. The van der Waals surface area contributed by atoms with Crippen LogP contribution in [0.15, 0.2) is 67.0 Å². The molecule has 3 aromatic rings. The molecular weight excluding hydrogens is 352 g/mol. The highest BCUT2D eigenvalue weighted by atomic mass is 16.5. The first-order valence-corrected chi connectivity index (χ1v) is 9.23. The molecule has 28 heavy (non-hydrogen) atoms. The lowest BCUT2D eigenvalue weighted by Gasteiger charge is -2.38. The molecular formula is C23H22N2O3. The molecule has 5 heteroatoms. The van der Waals surface area contributed by atoms with Crippen LogP contribution in [0.3, 0.4) is 0 Å². The van der Waals surface area contributed by atoms with Gasteiger partial charge in [-0.15, -0.1) is 0 Å². The van der Waals surface area contributed by atoms with E-state index in [1.54, 1.807) is 38.7 Å². The third kappa shape index (κ3) is 3.20. The number of carbonyl (C=O) groups excluding carboxylic acids is 1. The highest BCUT2D eigenvalue weighted by molar-refractivity contribution is 5.94. The van der Waals surface area contributed by atoms with E-state index in [0.29, 0.717) is 23.6 Å². The van der Waals surface area contributed by atoms with Gasteiger partial charge in [-0.2, -0.15) is 0 Å². The molecule has 0 N–H and O–H groups in total. The van der Waals surface area contributed by atoms with Crippen LogP contribution in [-0.2, 0) is 6.42 Å². The number of hydrogen-bond acceptors (Lipinski definition) is 4. The normalized spacial score (nSPS) is 15.6. The van der Waals surface area contributed by atoms with Crippen molar-refractivity contribution in [2.45, 2.75) is 12.5 Å². The monoisotopic (exact) mass is 374 g/mol. The van der Waals surface area contributed by atoms with Crippen LogP contribution in [0.25, 0.3) is 0 Å². The molecule has 0 saturated heterocycles. The zero-order chi connectivity index (χ0) is 19.5. The Morgan fingerprint density at radius 3 is 2.36 bits per heavy atom. The van der Waals surface area contributed by atoms with E-state index in [4.69, 9.17) is 9.47 Å². The molecule has 0 spiro atoms. The maximum atomic E-state index is 13.3. The number of nitrogens with zero attached hydrogens (tertiary/aromatic N) is 2. The van der Waals surface area contributed by atoms with Gasteiger partial charge in [0.25, 0.3) is 5.91 Å². The van der Waals surface area contributed by atoms with E-state index in [0.717, 1.165) is 17.5 Å². The number of fused-ring (bicyclic) bond motifs is 1. The Bertz CT molecular complexity index is 974. The quantitative estimate of drug-likeness (QED) is 0.695. The molecule has 1 aromatic heterocycles. The van der Waals surface area contributed by atoms with Crippen molar-refractivity contribution in [3.05, 3.63) is 89.2 Å². The van der Waals surface area contributed by atoms with Crippen molar-refractivity contribution < 1.29 is 14.3 Å². The van der Waals surface area contributed by atoms with Crippen LogP contribution in [-0.4, -0.2) is 36.6 Å². The number of amides is 1. The highest BCUT2D eigenvalue weighted by Crippen LogP contribution is 2.41. The lowest BCUT2D eigenvalue weighted by molar-refractivity contribution is 0.0694. The van der Waals surface area contributed by atoms with E-state index >= 15 is 0 Å². The second kappa shape index (κ2) is 7.72. The Hall–Kier alpha value is -3.34. The molecule has 0 saturated carbocycles. The Morgan fingerprint density at radius 1 is 1.00 bits per heavy atom. The van der Waals surface area contributed by atoms with Crippen LogP contribution in [0.5, 0.6) is 11.5 Å². The first kappa shape index (κ1) is 18.0. The second-order valence-electron chi connectivity index (χ2n) is 6.70. The first-order chi connectivity index (χ1) is 13.7. The summed E-state index contributed by atoms with van der Waals surface area (Å²) >= 11 is 0. The fourth-order valence-corrected chi connectivity index (χ4v) is 3.82. The average molecular weight is 374 g/mol. The van der Waals surface area contributed by atoms with Crippen LogP contribution in [0.2, 0.25) is 0 Å². The van der Waals surface area contributed by atoms with E-state index in [-0.39, 0.29) is 11.9 Å². The summed E-state index contributed by atoms with van der Waals surface area (Å²) in [4.78, 5) is 19.3. The summed E-state index contributed by atoms with van der Waals surface area (Å²) in [6.07, 6.45) is 4.06. The maximum absolute atomic E-state index is 13.3. The Morgan fingerprint density at radius 2 is 1.68 bits per heavy atom.